The molecule has 33 heavy (non-hydrogen) atoms. The topological polar surface area (TPSA) is 113 Å². The summed E-state index contributed by atoms with van der Waals surface area (Å²) < 4.78 is 55.7. The van der Waals surface area contributed by atoms with Crippen LogP contribution in [0.2, 0.25) is 0 Å². The van der Waals surface area contributed by atoms with Gasteiger partial charge in [0.15, 0.2) is 5.84 Å². The summed E-state index contributed by atoms with van der Waals surface area (Å²) in [5.41, 5.74) is 4.39. The number of carbonyl (C=O) groups excluding carboxylic acids is 1. The second kappa shape index (κ2) is 8.80. The standard InChI is InChI=1S/C23H21N3O5S2/c1-17-11-14-19(15-12-17)33(30,31)26(22(27)16-13-18-7-3-2-4-8-18)24-23-20-9-5-6-10-21(20)32(28,29)25-23/h2-12,14-15H,13,16H2,1H3,(H,24,25). The van der Waals surface area contributed by atoms with Crippen molar-refractivity contribution in [3.63, 3.8) is 0 Å². The number of amidine groups is 1. The molecule has 8 nitrogen and oxygen atoms in total. The predicted octanol–water partition coefficient (Wildman–Crippen LogP) is 2.80. The zero-order valence-corrected chi connectivity index (χ0v) is 19.3. The van der Waals surface area contributed by atoms with Gasteiger partial charge in [-0.3, -0.25) is 10.2 Å². The second-order valence-electron chi connectivity index (χ2n) is 7.48. The quantitative estimate of drug-likeness (QED) is 0.559. The fourth-order valence-electron chi connectivity index (χ4n) is 3.35. The molecule has 0 aromatic heterocycles. The maximum Gasteiger partial charge on any atom is 0.285 e. The van der Waals surface area contributed by atoms with Crippen LogP contribution in [0, 0.1) is 6.92 Å². The van der Waals surface area contributed by atoms with Gasteiger partial charge < -0.3 is 0 Å². The lowest BCUT2D eigenvalue weighted by Gasteiger charge is -2.24. The number of rotatable bonds is 5. The van der Waals surface area contributed by atoms with Gasteiger partial charge in [0.05, 0.1) is 4.90 Å². The lowest BCUT2D eigenvalue weighted by Crippen LogP contribution is -2.49. The summed E-state index contributed by atoms with van der Waals surface area (Å²) in [6, 6.07) is 21.2. The summed E-state index contributed by atoms with van der Waals surface area (Å²) >= 11 is 0. The molecule has 0 radical (unpaired) electrons. The maximum absolute atomic E-state index is 13.4. The molecule has 4 rings (SSSR count). The third kappa shape index (κ3) is 4.67. The van der Waals surface area contributed by atoms with Crippen molar-refractivity contribution in [3.8, 4) is 0 Å². The number of carbonyl (C=O) groups is 1. The van der Waals surface area contributed by atoms with Gasteiger partial charge in [0.2, 0.25) is 0 Å². The van der Waals surface area contributed by atoms with Crippen molar-refractivity contribution in [1.29, 1.82) is 0 Å². The Hall–Kier alpha value is -3.50. The Morgan fingerprint density at radius 2 is 1.58 bits per heavy atom. The summed E-state index contributed by atoms with van der Waals surface area (Å²) in [7, 11) is -8.36. The first-order valence-electron chi connectivity index (χ1n) is 10.1. The molecular weight excluding hydrogens is 462 g/mol. The number of hydrogen-bond donors (Lipinski definition) is 1. The Balaban J connectivity index is 1.70. The molecule has 1 aliphatic rings. The highest BCUT2D eigenvalue weighted by atomic mass is 32.2. The molecule has 0 spiro atoms. The van der Waals surface area contributed by atoms with E-state index in [0.29, 0.717) is 10.8 Å². The van der Waals surface area contributed by atoms with Gasteiger partial charge in [0.25, 0.3) is 26.0 Å². The summed E-state index contributed by atoms with van der Waals surface area (Å²) in [5.74, 6) is -0.974. The van der Waals surface area contributed by atoms with Gasteiger partial charge in [-0.05, 0) is 43.2 Å². The first-order valence-corrected chi connectivity index (χ1v) is 13.0. The lowest BCUT2D eigenvalue weighted by molar-refractivity contribution is -0.127. The van der Waals surface area contributed by atoms with Gasteiger partial charge >= 0.3 is 0 Å². The van der Waals surface area contributed by atoms with Gasteiger partial charge in [-0.1, -0.05) is 60.2 Å². The molecule has 0 bridgehead atoms. The summed E-state index contributed by atoms with van der Waals surface area (Å²) in [6.07, 6.45) is 0.187. The summed E-state index contributed by atoms with van der Waals surface area (Å²) in [4.78, 5) is 13.0. The third-order valence-corrected chi connectivity index (χ3v) is 8.07. The van der Waals surface area contributed by atoms with Crippen LogP contribution in [0.4, 0.5) is 0 Å². The van der Waals surface area contributed by atoms with Crippen molar-refractivity contribution in [1.82, 2.24) is 9.84 Å². The molecule has 0 saturated heterocycles. The molecule has 10 heteroatoms. The van der Waals surface area contributed by atoms with E-state index in [1.54, 1.807) is 24.3 Å². The van der Waals surface area contributed by atoms with E-state index in [-0.39, 0.29) is 27.6 Å². The van der Waals surface area contributed by atoms with E-state index in [2.05, 4.69) is 9.82 Å². The zero-order chi connectivity index (χ0) is 23.6. The maximum atomic E-state index is 13.4. The van der Waals surface area contributed by atoms with Crippen LogP contribution in [0.5, 0.6) is 0 Å². The Kier molecular flexibility index (Phi) is 6.05. The molecule has 1 amide bonds. The van der Waals surface area contributed by atoms with E-state index in [1.165, 1.54) is 24.3 Å². The fourth-order valence-corrected chi connectivity index (χ4v) is 5.78. The molecule has 0 aliphatic carbocycles. The van der Waals surface area contributed by atoms with Crippen LogP contribution in [0.3, 0.4) is 0 Å². The number of hydrogen-bond acceptors (Lipinski definition) is 6. The largest absolute Gasteiger partial charge is 0.285 e. The number of amides is 1. The number of nitrogens with one attached hydrogen (secondary N) is 1. The van der Waals surface area contributed by atoms with Crippen molar-refractivity contribution in [2.45, 2.75) is 29.6 Å². The van der Waals surface area contributed by atoms with Crippen LogP contribution >= 0.6 is 0 Å². The average molecular weight is 484 g/mol. The van der Waals surface area contributed by atoms with Crippen LogP contribution < -0.4 is 5.43 Å². The molecule has 0 atom stereocenters. The van der Waals surface area contributed by atoms with E-state index < -0.39 is 26.0 Å². The molecule has 170 valence electrons. The van der Waals surface area contributed by atoms with Crippen LogP contribution in [0.25, 0.3) is 0 Å². The molecule has 3 aromatic carbocycles. The van der Waals surface area contributed by atoms with Crippen molar-refractivity contribution < 1.29 is 21.6 Å². The molecule has 1 N–H and O–H groups in total. The third-order valence-electron chi connectivity index (χ3n) is 5.10. The molecule has 0 fully saturated rings. The SMILES string of the molecule is Cc1ccc(S(=O)(=O)N(NC2=NS(=O)(=O)c3ccccc32)C(=O)CCc2ccccc2)cc1. The first kappa shape index (κ1) is 22.7. The van der Waals surface area contributed by atoms with Gasteiger partial charge in [-0.25, -0.2) is 0 Å². The Morgan fingerprint density at radius 3 is 2.27 bits per heavy atom. The monoisotopic (exact) mass is 483 g/mol. The Bertz CT molecular complexity index is 1430. The van der Waals surface area contributed by atoms with Crippen LogP contribution in [-0.4, -0.2) is 33.0 Å². The van der Waals surface area contributed by atoms with Crippen LogP contribution in [-0.2, 0) is 31.3 Å². The fraction of sp³-hybridized carbons (Fsp3) is 0.130. The minimum Gasteiger partial charge on any atom is -0.272 e. The van der Waals surface area contributed by atoms with E-state index in [9.17, 15) is 21.6 Å². The number of sulfonamides is 2. The molecular formula is C23H21N3O5S2. The Labute approximate surface area is 192 Å². The minimum atomic E-state index is -4.35. The smallest absolute Gasteiger partial charge is 0.272 e. The number of fused-ring (bicyclic) bond motifs is 1. The number of hydrazine groups is 1. The Morgan fingerprint density at radius 1 is 0.939 bits per heavy atom. The van der Waals surface area contributed by atoms with Gasteiger partial charge in [0.1, 0.15) is 4.90 Å². The van der Waals surface area contributed by atoms with Crippen LogP contribution in [0.1, 0.15) is 23.1 Å². The zero-order valence-electron chi connectivity index (χ0n) is 17.7. The van der Waals surface area contributed by atoms with E-state index in [1.807, 2.05) is 37.3 Å². The minimum absolute atomic E-state index is 0.0584. The van der Waals surface area contributed by atoms with E-state index >= 15 is 0 Å². The molecule has 0 unspecified atom stereocenters. The predicted molar refractivity (Wildman–Crippen MR) is 123 cm³/mol. The van der Waals surface area contributed by atoms with E-state index in [4.69, 9.17) is 0 Å². The summed E-state index contributed by atoms with van der Waals surface area (Å²) in [5, 5.41) is 0. The highest BCUT2D eigenvalue weighted by Crippen LogP contribution is 2.26. The number of aryl methyl sites for hydroxylation is 2. The van der Waals surface area contributed by atoms with Gasteiger partial charge in [0, 0.05) is 12.0 Å². The molecule has 1 aliphatic heterocycles. The second-order valence-corrected chi connectivity index (χ2v) is 10.8. The van der Waals surface area contributed by atoms with Crippen molar-refractivity contribution >= 4 is 31.8 Å². The van der Waals surface area contributed by atoms with Gasteiger partial charge in [-0.15, -0.1) is 8.81 Å². The number of benzene rings is 3. The molecule has 3 aromatic rings. The average Bonchev–Trinajstić information content (AvgIpc) is 3.07. The van der Waals surface area contributed by atoms with Crippen molar-refractivity contribution in [2.75, 3.05) is 0 Å². The lowest BCUT2D eigenvalue weighted by atomic mass is 10.1. The molecule has 1 heterocycles. The number of nitrogens with zero attached hydrogens (tertiary/aromatic N) is 2. The highest BCUT2D eigenvalue weighted by Gasteiger charge is 2.35. The molecule has 0 saturated carbocycles. The van der Waals surface area contributed by atoms with Crippen molar-refractivity contribution in [2.24, 2.45) is 4.40 Å². The van der Waals surface area contributed by atoms with Crippen LogP contribution in [0.15, 0.2) is 93.1 Å². The van der Waals surface area contributed by atoms with Crippen molar-refractivity contribution in [3.05, 3.63) is 95.6 Å². The normalized spacial score (nSPS) is 14.3. The first-order chi connectivity index (χ1) is 15.7. The summed E-state index contributed by atoms with van der Waals surface area (Å²) in [6.45, 7) is 1.81. The van der Waals surface area contributed by atoms with E-state index in [0.717, 1.165) is 11.1 Å². The highest BCUT2D eigenvalue weighted by molar-refractivity contribution is 7.91. The van der Waals surface area contributed by atoms with Gasteiger partial charge in [-0.2, -0.15) is 16.8 Å².